The Balaban J connectivity index is 1.70. The fourth-order valence-corrected chi connectivity index (χ4v) is 3.18. The number of nitrogens with one attached hydrogen (secondary N) is 1. The van der Waals surface area contributed by atoms with Crippen LogP contribution in [0.2, 0.25) is 0 Å². The van der Waals surface area contributed by atoms with Crippen LogP contribution in [0.15, 0.2) is 30.7 Å². The van der Waals surface area contributed by atoms with Gasteiger partial charge in [0.05, 0.1) is 11.1 Å². The van der Waals surface area contributed by atoms with E-state index < -0.39 is 0 Å². The van der Waals surface area contributed by atoms with Gasteiger partial charge in [-0.05, 0) is 25.0 Å². The number of aromatic nitrogens is 3. The van der Waals surface area contributed by atoms with Gasteiger partial charge < -0.3 is 15.1 Å². The van der Waals surface area contributed by atoms with Gasteiger partial charge in [-0.15, -0.1) is 0 Å². The first-order valence-electron chi connectivity index (χ1n) is 8.96. The lowest BCUT2D eigenvalue weighted by Crippen LogP contribution is -2.39. The molecule has 1 saturated heterocycles. The van der Waals surface area contributed by atoms with Crippen molar-refractivity contribution < 1.29 is 9.59 Å². The first kappa shape index (κ1) is 18.8. The van der Waals surface area contributed by atoms with Crippen LogP contribution in [-0.4, -0.2) is 70.8 Å². The summed E-state index contributed by atoms with van der Waals surface area (Å²) in [4.78, 5) is 40.8. The van der Waals surface area contributed by atoms with Crippen LogP contribution >= 0.6 is 0 Å². The Labute approximate surface area is 158 Å². The molecule has 1 N–H and O–H groups in total. The van der Waals surface area contributed by atoms with Gasteiger partial charge in [0, 0.05) is 64.4 Å². The number of likely N-dealkylation sites (tertiary alicyclic amines) is 1. The number of carbonyl (C=O) groups excluding carboxylic acids is 2. The molecule has 3 rings (SSSR count). The van der Waals surface area contributed by atoms with Crippen molar-refractivity contribution in [1.82, 2.24) is 24.8 Å². The van der Waals surface area contributed by atoms with Gasteiger partial charge in [0.1, 0.15) is 0 Å². The van der Waals surface area contributed by atoms with Crippen molar-refractivity contribution in [2.45, 2.75) is 18.8 Å². The van der Waals surface area contributed by atoms with Crippen molar-refractivity contribution in [2.24, 2.45) is 0 Å². The van der Waals surface area contributed by atoms with Gasteiger partial charge in [-0.1, -0.05) is 0 Å². The zero-order chi connectivity index (χ0) is 19.4. The standard InChI is InChI=1S/C19H24N6O2/c1-20-19-22-10-15(11-23-19)18(27)25-8-4-5-14(12-25)16-7-6-13(9-21-16)17(26)24(2)3/h6-7,9-11,14H,4-5,8,12H2,1-3H3,(H,20,22,23)/t14-/m0/s1. The summed E-state index contributed by atoms with van der Waals surface area (Å²) in [6, 6.07) is 3.69. The molecule has 27 heavy (non-hydrogen) atoms. The smallest absolute Gasteiger partial charge is 0.257 e. The van der Waals surface area contributed by atoms with Crippen LogP contribution in [0.5, 0.6) is 0 Å². The molecule has 0 radical (unpaired) electrons. The van der Waals surface area contributed by atoms with E-state index in [0.717, 1.165) is 18.5 Å². The molecule has 1 fully saturated rings. The lowest BCUT2D eigenvalue weighted by Gasteiger charge is -2.32. The van der Waals surface area contributed by atoms with Crippen LogP contribution in [0.4, 0.5) is 5.95 Å². The molecule has 1 aliphatic heterocycles. The quantitative estimate of drug-likeness (QED) is 0.882. The van der Waals surface area contributed by atoms with E-state index in [1.807, 2.05) is 11.0 Å². The Kier molecular flexibility index (Phi) is 5.63. The predicted octanol–water partition coefficient (Wildman–Crippen LogP) is 1.63. The second-order valence-electron chi connectivity index (χ2n) is 6.81. The lowest BCUT2D eigenvalue weighted by molar-refractivity contribution is 0.0705. The van der Waals surface area contributed by atoms with Gasteiger partial charge in [0.25, 0.3) is 11.8 Å². The van der Waals surface area contributed by atoms with E-state index in [1.165, 1.54) is 4.90 Å². The summed E-state index contributed by atoms with van der Waals surface area (Å²) in [7, 11) is 5.16. The molecule has 8 heteroatoms. The van der Waals surface area contributed by atoms with Crippen molar-refractivity contribution >= 4 is 17.8 Å². The lowest BCUT2D eigenvalue weighted by atomic mass is 9.93. The molecule has 0 aromatic carbocycles. The normalized spacial score (nSPS) is 16.7. The van der Waals surface area contributed by atoms with Gasteiger partial charge in [-0.2, -0.15) is 0 Å². The Morgan fingerprint density at radius 3 is 2.41 bits per heavy atom. The third-order valence-corrected chi connectivity index (χ3v) is 4.69. The number of hydrogen-bond donors (Lipinski definition) is 1. The topological polar surface area (TPSA) is 91.3 Å². The molecule has 0 bridgehead atoms. The first-order chi connectivity index (χ1) is 13.0. The van der Waals surface area contributed by atoms with Crippen LogP contribution in [-0.2, 0) is 0 Å². The molecular weight excluding hydrogens is 344 g/mol. The summed E-state index contributed by atoms with van der Waals surface area (Å²) < 4.78 is 0. The van der Waals surface area contributed by atoms with Crippen LogP contribution in [0.3, 0.4) is 0 Å². The largest absolute Gasteiger partial charge is 0.357 e. The average molecular weight is 368 g/mol. The minimum atomic E-state index is -0.0699. The minimum Gasteiger partial charge on any atom is -0.357 e. The molecule has 3 heterocycles. The van der Waals surface area contributed by atoms with E-state index in [2.05, 4.69) is 20.3 Å². The van der Waals surface area contributed by atoms with Crippen LogP contribution in [0, 0.1) is 0 Å². The minimum absolute atomic E-state index is 0.0678. The maximum atomic E-state index is 12.7. The van der Waals surface area contributed by atoms with E-state index in [4.69, 9.17) is 0 Å². The fraction of sp³-hybridized carbons (Fsp3) is 0.421. The van der Waals surface area contributed by atoms with E-state index in [0.29, 0.717) is 30.2 Å². The number of nitrogens with zero attached hydrogens (tertiary/aromatic N) is 5. The van der Waals surface area contributed by atoms with Crippen LogP contribution in [0.1, 0.15) is 45.2 Å². The first-order valence-corrected chi connectivity index (χ1v) is 8.96. The predicted molar refractivity (Wildman–Crippen MR) is 102 cm³/mol. The molecule has 0 unspecified atom stereocenters. The highest BCUT2D eigenvalue weighted by molar-refractivity contribution is 5.94. The fourth-order valence-electron chi connectivity index (χ4n) is 3.18. The number of anilines is 1. The highest BCUT2D eigenvalue weighted by atomic mass is 16.2. The van der Waals surface area contributed by atoms with E-state index in [-0.39, 0.29) is 17.7 Å². The van der Waals surface area contributed by atoms with Crippen molar-refractivity contribution in [3.63, 3.8) is 0 Å². The Morgan fingerprint density at radius 1 is 1.11 bits per heavy atom. The average Bonchev–Trinajstić information content (AvgIpc) is 2.73. The summed E-state index contributed by atoms with van der Waals surface area (Å²) in [6.07, 6.45) is 6.58. The Morgan fingerprint density at radius 2 is 1.81 bits per heavy atom. The highest BCUT2D eigenvalue weighted by Crippen LogP contribution is 2.26. The maximum Gasteiger partial charge on any atom is 0.257 e. The molecular formula is C19H24N6O2. The number of pyridine rings is 1. The summed E-state index contributed by atoms with van der Waals surface area (Å²) in [5, 5.41) is 2.84. The van der Waals surface area contributed by atoms with Gasteiger partial charge in [0.15, 0.2) is 0 Å². The number of hydrogen-bond acceptors (Lipinski definition) is 6. The summed E-state index contributed by atoms with van der Waals surface area (Å²) in [5.74, 6) is 0.504. The molecule has 1 atom stereocenters. The highest BCUT2D eigenvalue weighted by Gasteiger charge is 2.26. The Bertz CT molecular complexity index is 804. The third-order valence-electron chi connectivity index (χ3n) is 4.69. The molecule has 0 aliphatic carbocycles. The molecule has 142 valence electrons. The SMILES string of the molecule is CNc1ncc(C(=O)N2CCC[C@H](c3ccc(C(=O)N(C)C)cn3)C2)cn1. The van der Waals surface area contributed by atoms with E-state index in [1.54, 1.807) is 45.8 Å². The van der Waals surface area contributed by atoms with Gasteiger partial charge >= 0.3 is 0 Å². The zero-order valence-corrected chi connectivity index (χ0v) is 15.8. The third kappa shape index (κ3) is 4.21. The molecule has 8 nitrogen and oxygen atoms in total. The monoisotopic (exact) mass is 368 g/mol. The molecule has 2 aromatic heterocycles. The van der Waals surface area contributed by atoms with E-state index >= 15 is 0 Å². The molecule has 2 aromatic rings. The summed E-state index contributed by atoms with van der Waals surface area (Å²) >= 11 is 0. The van der Waals surface area contributed by atoms with Crippen molar-refractivity contribution in [2.75, 3.05) is 39.5 Å². The van der Waals surface area contributed by atoms with Crippen molar-refractivity contribution in [1.29, 1.82) is 0 Å². The van der Waals surface area contributed by atoms with Gasteiger partial charge in [-0.3, -0.25) is 14.6 Å². The second kappa shape index (κ2) is 8.11. The second-order valence-corrected chi connectivity index (χ2v) is 6.81. The molecule has 1 aliphatic rings. The zero-order valence-electron chi connectivity index (χ0n) is 15.8. The van der Waals surface area contributed by atoms with E-state index in [9.17, 15) is 9.59 Å². The maximum absolute atomic E-state index is 12.7. The van der Waals surface area contributed by atoms with Gasteiger partial charge in [-0.25, -0.2) is 9.97 Å². The number of carbonyl (C=O) groups is 2. The van der Waals surface area contributed by atoms with Crippen molar-refractivity contribution in [3.8, 4) is 0 Å². The molecule has 0 spiro atoms. The van der Waals surface area contributed by atoms with Crippen LogP contribution < -0.4 is 5.32 Å². The van der Waals surface area contributed by atoms with Gasteiger partial charge in [0.2, 0.25) is 5.95 Å². The summed E-state index contributed by atoms with van der Waals surface area (Å²) in [6.45, 7) is 1.31. The number of rotatable bonds is 4. The molecule has 0 saturated carbocycles. The molecule has 2 amide bonds. The van der Waals surface area contributed by atoms with Crippen molar-refractivity contribution in [3.05, 3.63) is 47.5 Å². The Hall–Kier alpha value is -3.03. The number of amides is 2. The number of piperidine rings is 1. The van der Waals surface area contributed by atoms with Crippen LogP contribution in [0.25, 0.3) is 0 Å². The summed E-state index contributed by atoms with van der Waals surface area (Å²) in [5.41, 5.74) is 1.95.